The van der Waals surface area contributed by atoms with Gasteiger partial charge in [0.15, 0.2) is 0 Å². The van der Waals surface area contributed by atoms with Gasteiger partial charge in [-0.05, 0) is 18.6 Å². The number of carboxylic acid groups (broad SMARTS) is 2. The minimum absolute atomic E-state index is 0.0461. The molecule has 28 heavy (non-hydrogen) atoms. The Kier molecular flexibility index (Phi) is 15.1. The lowest BCUT2D eigenvalue weighted by Gasteiger charge is -2.18. The fourth-order valence-corrected chi connectivity index (χ4v) is 3.38. The number of aliphatic carboxylic acids is 2. The van der Waals surface area contributed by atoms with Crippen LogP contribution in [0.2, 0.25) is 0 Å². The molecular weight excluding hydrogens is 386 g/mol. The van der Waals surface area contributed by atoms with Gasteiger partial charge in [0.2, 0.25) is 11.8 Å². The Balaban J connectivity index is 4.37. The average molecular weight is 420 g/mol. The molecule has 162 valence electrons. The zero-order valence-electron chi connectivity index (χ0n) is 16.4. The third-order valence-electron chi connectivity index (χ3n) is 3.99. The van der Waals surface area contributed by atoms with Gasteiger partial charge in [-0.3, -0.25) is 19.2 Å². The van der Waals surface area contributed by atoms with E-state index in [9.17, 15) is 19.2 Å². The van der Waals surface area contributed by atoms with Crippen molar-refractivity contribution < 1.29 is 29.4 Å². The van der Waals surface area contributed by atoms with Crippen LogP contribution in [0.1, 0.15) is 58.3 Å². The highest BCUT2D eigenvalue weighted by Gasteiger charge is 2.22. The van der Waals surface area contributed by atoms with Crippen molar-refractivity contribution in [3.63, 3.8) is 0 Å². The molecule has 2 atom stereocenters. The van der Waals surface area contributed by atoms with E-state index in [0.717, 1.165) is 18.6 Å². The molecule has 0 aliphatic carbocycles. The number of carboxylic acids is 2. The molecule has 9 nitrogen and oxygen atoms in total. The van der Waals surface area contributed by atoms with E-state index in [-0.39, 0.29) is 12.8 Å². The van der Waals surface area contributed by atoms with E-state index in [2.05, 4.69) is 17.6 Å². The van der Waals surface area contributed by atoms with E-state index in [1.165, 1.54) is 37.4 Å². The molecule has 2 unspecified atom stereocenters. The fourth-order valence-electron chi connectivity index (χ4n) is 2.33. The van der Waals surface area contributed by atoms with Gasteiger partial charge in [-0.2, -0.15) is 11.8 Å². The summed E-state index contributed by atoms with van der Waals surface area (Å²) in [4.78, 5) is 45.5. The third kappa shape index (κ3) is 14.3. The monoisotopic (exact) mass is 419 g/mol. The maximum Gasteiger partial charge on any atom is 0.322 e. The number of unbranched alkanes of at least 4 members (excludes halogenated alkanes) is 5. The summed E-state index contributed by atoms with van der Waals surface area (Å²) < 4.78 is 0. The lowest BCUT2D eigenvalue weighted by atomic mass is 10.1. The molecule has 0 bridgehead atoms. The highest BCUT2D eigenvalue weighted by atomic mass is 32.2. The van der Waals surface area contributed by atoms with Crippen molar-refractivity contribution >= 4 is 35.5 Å². The third-order valence-corrected chi connectivity index (χ3v) is 5.14. The summed E-state index contributed by atoms with van der Waals surface area (Å²) in [5.41, 5.74) is 5.37. The smallest absolute Gasteiger partial charge is 0.322 e. The molecule has 0 rings (SSSR count). The number of rotatable bonds is 17. The predicted octanol–water partition coefficient (Wildman–Crippen LogP) is 0.958. The number of hydrogen-bond acceptors (Lipinski definition) is 6. The highest BCUT2D eigenvalue weighted by molar-refractivity contribution is 7.99. The molecule has 0 heterocycles. The van der Waals surface area contributed by atoms with E-state index < -0.39 is 42.4 Å². The topological polar surface area (TPSA) is 159 Å². The maximum atomic E-state index is 12.1. The van der Waals surface area contributed by atoms with Crippen LogP contribution < -0.4 is 16.4 Å². The number of carbonyl (C=O) groups is 4. The van der Waals surface area contributed by atoms with Crippen LogP contribution in [-0.2, 0) is 19.2 Å². The van der Waals surface area contributed by atoms with Crippen molar-refractivity contribution in [1.29, 1.82) is 0 Å². The lowest BCUT2D eigenvalue weighted by molar-refractivity contribution is -0.139. The van der Waals surface area contributed by atoms with Crippen LogP contribution in [0.15, 0.2) is 0 Å². The summed E-state index contributed by atoms with van der Waals surface area (Å²) in [6.07, 6.45) is 6.78. The zero-order valence-corrected chi connectivity index (χ0v) is 17.3. The Bertz CT molecular complexity index is 504. The van der Waals surface area contributed by atoms with Crippen LogP contribution in [0.4, 0.5) is 0 Å². The second-order valence-electron chi connectivity index (χ2n) is 6.56. The first-order valence-electron chi connectivity index (χ1n) is 9.62. The summed E-state index contributed by atoms with van der Waals surface area (Å²) >= 11 is 1.52. The summed E-state index contributed by atoms with van der Waals surface area (Å²) in [7, 11) is 0. The molecule has 0 aromatic heterocycles. The van der Waals surface area contributed by atoms with Crippen LogP contribution in [0.25, 0.3) is 0 Å². The zero-order chi connectivity index (χ0) is 21.4. The number of hydrogen-bond donors (Lipinski definition) is 5. The van der Waals surface area contributed by atoms with Crippen LogP contribution in [-0.4, -0.2) is 64.1 Å². The number of nitrogens with one attached hydrogen (secondary N) is 2. The number of nitrogens with two attached hydrogens (primary N) is 1. The Morgan fingerprint density at radius 1 is 1.04 bits per heavy atom. The Hall–Kier alpha value is -1.81. The molecule has 0 saturated carbocycles. The Labute approximate surface area is 170 Å². The largest absolute Gasteiger partial charge is 0.480 e. The number of thioether (sulfide) groups is 1. The minimum atomic E-state index is -1.20. The van der Waals surface area contributed by atoms with Gasteiger partial charge in [-0.1, -0.05) is 39.0 Å². The second-order valence-corrected chi connectivity index (χ2v) is 7.71. The van der Waals surface area contributed by atoms with Crippen molar-refractivity contribution in [3.05, 3.63) is 0 Å². The first-order chi connectivity index (χ1) is 13.3. The van der Waals surface area contributed by atoms with Gasteiger partial charge >= 0.3 is 11.9 Å². The van der Waals surface area contributed by atoms with E-state index >= 15 is 0 Å². The van der Waals surface area contributed by atoms with E-state index in [1.807, 2.05) is 0 Å². The van der Waals surface area contributed by atoms with Crippen molar-refractivity contribution in [2.45, 2.75) is 70.4 Å². The molecule has 0 spiro atoms. The van der Waals surface area contributed by atoms with Gasteiger partial charge in [-0.15, -0.1) is 0 Å². The second kappa shape index (κ2) is 16.2. The molecular formula is C18H33N3O6S. The molecule has 0 aliphatic heterocycles. The van der Waals surface area contributed by atoms with E-state index in [1.54, 1.807) is 0 Å². The summed E-state index contributed by atoms with van der Waals surface area (Å²) in [6, 6.07) is -2.02. The fraction of sp³-hybridized carbons (Fsp3) is 0.778. The number of carbonyl (C=O) groups excluding carboxylic acids is 2. The minimum Gasteiger partial charge on any atom is -0.480 e. The molecule has 2 amide bonds. The van der Waals surface area contributed by atoms with Gasteiger partial charge in [0.05, 0.1) is 0 Å². The van der Waals surface area contributed by atoms with Crippen LogP contribution in [0.3, 0.4) is 0 Å². The average Bonchev–Trinajstić information content (AvgIpc) is 2.64. The first kappa shape index (κ1) is 26.2. The van der Waals surface area contributed by atoms with Crippen molar-refractivity contribution in [1.82, 2.24) is 10.6 Å². The molecule has 0 saturated heterocycles. The summed E-state index contributed by atoms with van der Waals surface area (Å²) in [5, 5.41) is 22.2. The van der Waals surface area contributed by atoms with Crippen molar-refractivity contribution in [3.8, 4) is 0 Å². The normalized spacial score (nSPS) is 12.8. The molecule has 6 N–H and O–H groups in total. The van der Waals surface area contributed by atoms with Crippen LogP contribution in [0.5, 0.6) is 0 Å². The first-order valence-corrected chi connectivity index (χ1v) is 10.8. The highest BCUT2D eigenvalue weighted by Crippen LogP contribution is 2.11. The summed E-state index contributed by atoms with van der Waals surface area (Å²) in [5.74, 6) is -2.28. The number of amides is 2. The van der Waals surface area contributed by atoms with Gasteiger partial charge in [0.25, 0.3) is 0 Å². The molecule has 0 fully saturated rings. The standard InChI is InChI=1S/C18H33N3O6S/c1-2-3-4-5-6-7-10-28-12-14(17(25)20-11-16(23)24)21-15(22)9-8-13(19)18(26)27/h13-14H,2-12,19H2,1H3,(H,20,25)(H,21,22)(H,23,24)(H,26,27). The van der Waals surface area contributed by atoms with Crippen LogP contribution >= 0.6 is 11.8 Å². The van der Waals surface area contributed by atoms with Gasteiger partial charge in [-0.25, -0.2) is 0 Å². The van der Waals surface area contributed by atoms with Crippen molar-refractivity contribution in [2.24, 2.45) is 5.73 Å². The van der Waals surface area contributed by atoms with E-state index in [4.69, 9.17) is 15.9 Å². The molecule has 0 aliphatic rings. The van der Waals surface area contributed by atoms with Gasteiger partial charge in [0, 0.05) is 12.2 Å². The quantitative estimate of drug-likeness (QED) is 0.218. The molecule has 0 radical (unpaired) electrons. The van der Waals surface area contributed by atoms with E-state index in [0.29, 0.717) is 5.75 Å². The molecule has 10 heteroatoms. The molecule has 0 aromatic rings. The van der Waals surface area contributed by atoms with Gasteiger partial charge in [0.1, 0.15) is 18.6 Å². The predicted molar refractivity (Wildman–Crippen MR) is 108 cm³/mol. The Morgan fingerprint density at radius 3 is 2.29 bits per heavy atom. The van der Waals surface area contributed by atoms with Crippen LogP contribution in [0, 0.1) is 0 Å². The molecule has 0 aromatic carbocycles. The van der Waals surface area contributed by atoms with Gasteiger partial charge < -0.3 is 26.6 Å². The van der Waals surface area contributed by atoms with Crippen molar-refractivity contribution in [2.75, 3.05) is 18.1 Å². The maximum absolute atomic E-state index is 12.1. The lowest BCUT2D eigenvalue weighted by Crippen LogP contribution is -2.49. The SMILES string of the molecule is CCCCCCCCSCC(NC(=O)CCC(N)C(=O)O)C(=O)NCC(=O)O. The summed E-state index contributed by atoms with van der Waals surface area (Å²) in [6.45, 7) is 1.63. The Morgan fingerprint density at radius 2 is 1.68 bits per heavy atom.